The van der Waals surface area contributed by atoms with E-state index in [1.165, 1.54) is 0 Å². The maximum atomic E-state index is 12.0. The first-order chi connectivity index (χ1) is 6.29. The Hall–Kier alpha value is -0.820. The third kappa shape index (κ3) is 2.85. The van der Waals surface area contributed by atoms with Gasteiger partial charge in [-0.2, -0.15) is 13.2 Å². The number of carbonyl (C=O) groups is 1. The molecule has 0 aromatic rings. The molecule has 82 valence electrons. The largest absolute Gasteiger partial charge is 0.480 e. The van der Waals surface area contributed by atoms with Crippen molar-refractivity contribution >= 4 is 5.97 Å². The fourth-order valence-corrected chi connectivity index (χ4v) is 1.54. The van der Waals surface area contributed by atoms with Gasteiger partial charge in [-0.1, -0.05) is 0 Å². The third-order valence-corrected chi connectivity index (χ3v) is 2.05. The van der Waals surface area contributed by atoms with Crippen molar-refractivity contribution in [2.24, 2.45) is 0 Å². The van der Waals surface area contributed by atoms with Crippen molar-refractivity contribution < 1.29 is 28.2 Å². The number of hydrogen-bond acceptors (Lipinski definition) is 3. The van der Waals surface area contributed by atoms with Gasteiger partial charge in [0, 0.05) is 13.0 Å². The number of carboxylic acids is 1. The molecule has 2 N–H and O–H groups in total. The Kier molecular flexibility index (Phi) is 3.01. The fourth-order valence-electron chi connectivity index (χ4n) is 1.54. The molecule has 0 bridgehead atoms. The van der Waals surface area contributed by atoms with Crippen molar-refractivity contribution in [1.82, 2.24) is 4.90 Å². The standard InChI is InChI=1S/C7H10F3NO3/c8-7(9,10)3-11-2-4(12)1-5(11)6(13)14/h4-5,12H,1-3H2,(H,13,14). The molecule has 14 heavy (non-hydrogen) atoms. The lowest BCUT2D eigenvalue weighted by Gasteiger charge is -2.21. The lowest BCUT2D eigenvalue weighted by atomic mass is 10.2. The van der Waals surface area contributed by atoms with Crippen LogP contribution in [0, 0.1) is 0 Å². The van der Waals surface area contributed by atoms with Crippen LogP contribution in [0.3, 0.4) is 0 Å². The van der Waals surface area contributed by atoms with Gasteiger partial charge in [0.15, 0.2) is 0 Å². The summed E-state index contributed by atoms with van der Waals surface area (Å²) in [6, 6.07) is -1.23. The van der Waals surface area contributed by atoms with Crippen molar-refractivity contribution in [1.29, 1.82) is 0 Å². The van der Waals surface area contributed by atoms with Gasteiger partial charge in [-0.3, -0.25) is 9.69 Å². The van der Waals surface area contributed by atoms with Crippen LogP contribution in [-0.2, 0) is 4.79 Å². The Labute approximate surface area is 77.9 Å². The van der Waals surface area contributed by atoms with Gasteiger partial charge in [0.2, 0.25) is 0 Å². The molecular formula is C7H10F3NO3. The Morgan fingerprint density at radius 2 is 2.07 bits per heavy atom. The monoisotopic (exact) mass is 213 g/mol. The number of nitrogens with zero attached hydrogens (tertiary/aromatic N) is 1. The topological polar surface area (TPSA) is 60.8 Å². The number of aliphatic carboxylic acids is 1. The molecule has 1 fully saturated rings. The van der Waals surface area contributed by atoms with Crippen LogP contribution in [0.5, 0.6) is 0 Å². The molecule has 0 aromatic heterocycles. The molecule has 0 amide bonds. The average molecular weight is 213 g/mol. The van der Waals surface area contributed by atoms with E-state index in [0.717, 1.165) is 4.90 Å². The maximum absolute atomic E-state index is 12.0. The second-order valence-corrected chi connectivity index (χ2v) is 3.29. The van der Waals surface area contributed by atoms with Crippen LogP contribution in [0.2, 0.25) is 0 Å². The van der Waals surface area contributed by atoms with E-state index in [-0.39, 0.29) is 13.0 Å². The lowest BCUT2D eigenvalue weighted by molar-refractivity contribution is -0.158. The molecule has 2 atom stereocenters. The van der Waals surface area contributed by atoms with E-state index < -0.39 is 30.8 Å². The molecular weight excluding hydrogens is 203 g/mol. The first kappa shape index (κ1) is 11.3. The molecule has 0 saturated carbocycles. The number of hydrogen-bond donors (Lipinski definition) is 2. The number of β-amino-alcohol motifs (C(OH)–C–C–N with tert-alkyl or cyclic N) is 1. The summed E-state index contributed by atoms with van der Waals surface area (Å²) in [6.07, 6.45) is -5.57. The van der Waals surface area contributed by atoms with Gasteiger partial charge < -0.3 is 10.2 Å². The van der Waals surface area contributed by atoms with E-state index in [2.05, 4.69) is 0 Å². The summed E-state index contributed by atoms with van der Waals surface area (Å²) in [5.74, 6) is -1.33. The molecule has 1 saturated heterocycles. The Morgan fingerprint density at radius 1 is 1.50 bits per heavy atom. The fraction of sp³-hybridized carbons (Fsp3) is 0.857. The van der Waals surface area contributed by atoms with Gasteiger partial charge in [0.05, 0.1) is 12.6 Å². The SMILES string of the molecule is O=C(O)C1CC(O)CN1CC(F)(F)F. The van der Waals surface area contributed by atoms with Gasteiger partial charge in [-0.15, -0.1) is 0 Å². The van der Waals surface area contributed by atoms with Crippen molar-refractivity contribution in [3.63, 3.8) is 0 Å². The number of rotatable bonds is 2. The molecule has 0 aromatic carbocycles. The number of likely N-dealkylation sites (tertiary alicyclic amines) is 1. The summed E-state index contributed by atoms with van der Waals surface area (Å²) in [7, 11) is 0. The van der Waals surface area contributed by atoms with E-state index >= 15 is 0 Å². The van der Waals surface area contributed by atoms with Crippen molar-refractivity contribution in [2.75, 3.05) is 13.1 Å². The van der Waals surface area contributed by atoms with Gasteiger partial charge in [-0.05, 0) is 0 Å². The normalized spacial score (nSPS) is 29.4. The molecule has 0 radical (unpaired) electrons. The highest BCUT2D eigenvalue weighted by Gasteiger charge is 2.42. The number of aliphatic hydroxyl groups is 1. The van der Waals surface area contributed by atoms with Crippen LogP contribution in [0.25, 0.3) is 0 Å². The van der Waals surface area contributed by atoms with E-state index in [9.17, 15) is 18.0 Å². The van der Waals surface area contributed by atoms with Crippen LogP contribution in [0.1, 0.15) is 6.42 Å². The molecule has 0 aliphatic carbocycles. The summed E-state index contributed by atoms with van der Waals surface area (Å²) in [6.45, 7) is -1.53. The molecule has 1 rings (SSSR count). The van der Waals surface area contributed by atoms with Crippen LogP contribution in [0.4, 0.5) is 13.2 Å². The Balaban J connectivity index is 2.62. The summed E-state index contributed by atoms with van der Waals surface area (Å²) < 4.78 is 35.9. The van der Waals surface area contributed by atoms with Crippen LogP contribution >= 0.6 is 0 Å². The number of halogens is 3. The van der Waals surface area contributed by atoms with E-state index in [1.54, 1.807) is 0 Å². The quantitative estimate of drug-likeness (QED) is 0.681. The highest BCUT2D eigenvalue weighted by Crippen LogP contribution is 2.24. The summed E-state index contributed by atoms with van der Waals surface area (Å²) in [4.78, 5) is 11.3. The molecule has 2 unspecified atom stereocenters. The summed E-state index contributed by atoms with van der Waals surface area (Å²) in [5.41, 5.74) is 0. The van der Waals surface area contributed by atoms with Crippen LogP contribution in [-0.4, -0.2) is 52.5 Å². The van der Waals surface area contributed by atoms with Crippen LogP contribution < -0.4 is 0 Å². The summed E-state index contributed by atoms with van der Waals surface area (Å²) in [5, 5.41) is 17.6. The van der Waals surface area contributed by atoms with Crippen molar-refractivity contribution in [3.8, 4) is 0 Å². The molecule has 1 aliphatic rings. The number of aliphatic hydroxyl groups excluding tert-OH is 1. The zero-order chi connectivity index (χ0) is 10.9. The first-order valence-electron chi connectivity index (χ1n) is 4.01. The van der Waals surface area contributed by atoms with Gasteiger partial charge >= 0.3 is 12.1 Å². The van der Waals surface area contributed by atoms with Crippen molar-refractivity contribution in [3.05, 3.63) is 0 Å². The van der Waals surface area contributed by atoms with Crippen molar-refractivity contribution in [2.45, 2.75) is 24.7 Å². The predicted molar refractivity (Wildman–Crippen MR) is 39.7 cm³/mol. The lowest BCUT2D eigenvalue weighted by Crippen LogP contribution is -2.41. The predicted octanol–water partition coefficient (Wildman–Crippen LogP) is 0.0685. The molecule has 0 spiro atoms. The minimum atomic E-state index is -4.43. The second-order valence-electron chi connectivity index (χ2n) is 3.29. The van der Waals surface area contributed by atoms with E-state index in [1.807, 2.05) is 0 Å². The number of carboxylic acid groups (broad SMARTS) is 1. The highest BCUT2D eigenvalue weighted by atomic mass is 19.4. The zero-order valence-corrected chi connectivity index (χ0v) is 7.16. The minimum absolute atomic E-state index is 0.147. The minimum Gasteiger partial charge on any atom is -0.480 e. The smallest absolute Gasteiger partial charge is 0.401 e. The summed E-state index contributed by atoms with van der Waals surface area (Å²) >= 11 is 0. The maximum Gasteiger partial charge on any atom is 0.401 e. The van der Waals surface area contributed by atoms with Gasteiger partial charge in [-0.25, -0.2) is 0 Å². The third-order valence-electron chi connectivity index (χ3n) is 2.05. The second kappa shape index (κ2) is 3.74. The van der Waals surface area contributed by atoms with E-state index in [4.69, 9.17) is 10.2 Å². The molecule has 4 nitrogen and oxygen atoms in total. The Bertz CT molecular complexity index is 231. The highest BCUT2D eigenvalue weighted by molar-refractivity contribution is 5.74. The van der Waals surface area contributed by atoms with Gasteiger partial charge in [0.25, 0.3) is 0 Å². The van der Waals surface area contributed by atoms with Crippen LogP contribution in [0.15, 0.2) is 0 Å². The Morgan fingerprint density at radius 3 is 2.50 bits per heavy atom. The zero-order valence-electron chi connectivity index (χ0n) is 7.16. The van der Waals surface area contributed by atoms with Gasteiger partial charge in [0.1, 0.15) is 6.04 Å². The molecule has 1 aliphatic heterocycles. The molecule has 7 heteroatoms. The van der Waals surface area contributed by atoms with E-state index in [0.29, 0.717) is 0 Å². The average Bonchev–Trinajstić information content (AvgIpc) is 2.27. The number of alkyl halides is 3. The molecule has 1 heterocycles. The first-order valence-corrected chi connectivity index (χ1v) is 4.01.